The second-order valence-electron chi connectivity index (χ2n) is 2.91. The number of hydrogen-bond acceptors (Lipinski definition) is 2. The van der Waals surface area contributed by atoms with Gasteiger partial charge < -0.3 is 15.4 Å². The molecule has 4 nitrogen and oxygen atoms in total. The van der Waals surface area contributed by atoms with Crippen LogP contribution in [0.15, 0.2) is 0 Å². The van der Waals surface area contributed by atoms with Crippen LogP contribution < -0.4 is 10.6 Å². The first-order chi connectivity index (χ1) is 6.24. The van der Waals surface area contributed by atoms with Gasteiger partial charge in [0.1, 0.15) is 0 Å². The van der Waals surface area contributed by atoms with Gasteiger partial charge in [0.05, 0.1) is 6.61 Å². The van der Waals surface area contributed by atoms with Crippen LogP contribution in [0.1, 0.15) is 26.7 Å². The van der Waals surface area contributed by atoms with Crippen LogP contribution in [0.3, 0.4) is 0 Å². The molecule has 0 aromatic heterocycles. The molecule has 0 saturated heterocycles. The second kappa shape index (κ2) is 7.86. The predicted molar refractivity (Wildman–Crippen MR) is 52.8 cm³/mol. The fourth-order valence-corrected chi connectivity index (χ4v) is 0.996. The highest BCUT2D eigenvalue weighted by atomic mass is 16.5. The topological polar surface area (TPSA) is 50.4 Å². The van der Waals surface area contributed by atoms with Crippen molar-refractivity contribution in [2.24, 2.45) is 0 Å². The fourth-order valence-electron chi connectivity index (χ4n) is 0.996. The summed E-state index contributed by atoms with van der Waals surface area (Å²) in [5.41, 5.74) is 0. The van der Waals surface area contributed by atoms with Crippen molar-refractivity contribution in [1.82, 2.24) is 10.6 Å². The Hall–Kier alpha value is -0.770. The first kappa shape index (κ1) is 12.2. The molecule has 0 unspecified atom stereocenters. The molecule has 0 heterocycles. The molecule has 0 aliphatic carbocycles. The Labute approximate surface area is 80.0 Å². The molecule has 0 bridgehead atoms. The summed E-state index contributed by atoms with van der Waals surface area (Å²) in [6.07, 6.45) is 1.93. The minimum Gasteiger partial charge on any atom is -0.383 e. The standard InChI is InChI=1S/C9H20N2O2/c1-4-8(5-2)11-9(12)10-6-7-13-3/h8H,4-7H2,1-3H3,(H2,10,11,12). The van der Waals surface area contributed by atoms with Gasteiger partial charge in [0.2, 0.25) is 0 Å². The van der Waals surface area contributed by atoms with E-state index in [0.717, 1.165) is 12.8 Å². The van der Waals surface area contributed by atoms with E-state index in [-0.39, 0.29) is 12.1 Å². The van der Waals surface area contributed by atoms with E-state index >= 15 is 0 Å². The van der Waals surface area contributed by atoms with Crippen LogP contribution in [0.2, 0.25) is 0 Å². The Bertz CT molecular complexity index is 136. The van der Waals surface area contributed by atoms with Gasteiger partial charge in [-0.3, -0.25) is 0 Å². The van der Waals surface area contributed by atoms with Gasteiger partial charge in [-0.1, -0.05) is 13.8 Å². The van der Waals surface area contributed by atoms with Crippen molar-refractivity contribution in [2.75, 3.05) is 20.3 Å². The van der Waals surface area contributed by atoms with E-state index in [2.05, 4.69) is 24.5 Å². The fraction of sp³-hybridized carbons (Fsp3) is 0.889. The van der Waals surface area contributed by atoms with E-state index in [1.54, 1.807) is 7.11 Å². The van der Waals surface area contributed by atoms with Gasteiger partial charge in [0.25, 0.3) is 0 Å². The van der Waals surface area contributed by atoms with Crippen molar-refractivity contribution in [2.45, 2.75) is 32.7 Å². The van der Waals surface area contributed by atoms with Crippen molar-refractivity contribution in [1.29, 1.82) is 0 Å². The smallest absolute Gasteiger partial charge is 0.315 e. The number of methoxy groups -OCH3 is 1. The molecule has 0 radical (unpaired) electrons. The Morgan fingerprint density at radius 1 is 1.38 bits per heavy atom. The van der Waals surface area contributed by atoms with E-state index in [0.29, 0.717) is 13.2 Å². The van der Waals surface area contributed by atoms with Crippen molar-refractivity contribution >= 4 is 6.03 Å². The molecule has 2 amide bonds. The van der Waals surface area contributed by atoms with Gasteiger partial charge in [0.15, 0.2) is 0 Å². The Morgan fingerprint density at radius 3 is 2.46 bits per heavy atom. The normalized spacial score (nSPS) is 10.2. The summed E-state index contributed by atoms with van der Waals surface area (Å²) in [7, 11) is 1.61. The van der Waals surface area contributed by atoms with E-state index in [4.69, 9.17) is 4.74 Å². The average molecular weight is 188 g/mol. The number of amides is 2. The maximum atomic E-state index is 11.2. The van der Waals surface area contributed by atoms with E-state index in [1.165, 1.54) is 0 Å². The number of urea groups is 1. The van der Waals surface area contributed by atoms with E-state index in [9.17, 15) is 4.79 Å². The van der Waals surface area contributed by atoms with Gasteiger partial charge in [-0.25, -0.2) is 4.79 Å². The minimum atomic E-state index is -0.106. The zero-order chi connectivity index (χ0) is 10.1. The third-order valence-corrected chi connectivity index (χ3v) is 1.91. The second-order valence-corrected chi connectivity index (χ2v) is 2.91. The lowest BCUT2D eigenvalue weighted by atomic mass is 10.2. The largest absolute Gasteiger partial charge is 0.383 e. The molecule has 13 heavy (non-hydrogen) atoms. The molecular formula is C9H20N2O2. The Morgan fingerprint density at radius 2 is 2.00 bits per heavy atom. The van der Waals surface area contributed by atoms with E-state index < -0.39 is 0 Å². The SMILES string of the molecule is CCC(CC)NC(=O)NCCOC. The maximum absolute atomic E-state index is 11.2. The predicted octanol–water partition coefficient (Wildman–Crippen LogP) is 1.12. The summed E-state index contributed by atoms with van der Waals surface area (Å²) < 4.78 is 4.81. The molecule has 2 N–H and O–H groups in total. The number of nitrogens with one attached hydrogen (secondary N) is 2. The molecule has 0 aliphatic rings. The average Bonchev–Trinajstić information content (AvgIpc) is 2.14. The van der Waals surface area contributed by atoms with Crippen LogP contribution in [0.25, 0.3) is 0 Å². The first-order valence-corrected chi connectivity index (χ1v) is 4.77. The zero-order valence-electron chi connectivity index (χ0n) is 8.72. The molecule has 4 heteroatoms. The van der Waals surface area contributed by atoms with Crippen LogP contribution in [0, 0.1) is 0 Å². The highest BCUT2D eigenvalue weighted by Gasteiger charge is 2.06. The third-order valence-electron chi connectivity index (χ3n) is 1.91. The van der Waals surface area contributed by atoms with Gasteiger partial charge in [-0.2, -0.15) is 0 Å². The molecule has 0 spiro atoms. The lowest BCUT2D eigenvalue weighted by Gasteiger charge is -2.14. The summed E-state index contributed by atoms with van der Waals surface area (Å²) in [6, 6.07) is 0.174. The van der Waals surface area contributed by atoms with Crippen LogP contribution in [0.4, 0.5) is 4.79 Å². The molecule has 0 fully saturated rings. The zero-order valence-corrected chi connectivity index (χ0v) is 8.72. The maximum Gasteiger partial charge on any atom is 0.315 e. The summed E-state index contributed by atoms with van der Waals surface area (Å²) >= 11 is 0. The van der Waals surface area contributed by atoms with E-state index in [1.807, 2.05) is 0 Å². The van der Waals surface area contributed by atoms with Crippen molar-refractivity contribution < 1.29 is 9.53 Å². The van der Waals surface area contributed by atoms with Crippen molar-refractivity contribution in [3.05, 3.63) is 0 Å². The summed E-state index contributed by atoms with van der Waals surface area (Å²) in [4.78, 5) is 11.2. The lowest BCUT2D eigenvalue weighted by molar-refractivity contribution is 0.195. The van der Waals surface area contributed by atoms with Crippen LogP contribution in [-0.2, 0) is 4.74 Å². The monoisotopic (exact) mass is 188 g/mol. The van der Waals surface area contributed by atoms with Gasteiger partial charge in [0, 0.05) is 19.7 Å². The molecule has 78 valence electrons. The van der Waals surface area contributed by atoms with Crippen LogP contribution in [0.5, 0.6) is 0 Å². The van der Waals surface area contributed by atoms with Gasteiger partial charge in [-0.05, 0) is 12.8 Å². The highest BCUT2D eigenvalue weighted by Crippen LogP contribution is 1.94. The van der Waals surface area contributed by atoms with Crippen LogP contribution >= 0.6 is 0 Å². The Kier molecular flexibility index (Phi) is 7.39. The van der Waals surface area contributed by atoms with Gasteiger partial charge >= 0.3 is 6.03 Å². The molecule has 0 aliphatic heterocycles. The Balaban J connectivity index is 3.48. The number of carbonyl (C=O) groups is 1. The number of carbonyl (C=O) groups excluding carboxylic acids is 1. The molecule has 0 atom stereocenters. The first-order valence-electron chi connectivity index (χ1n) is 4.77. The molecule has 0 aromatic carbocycles. The summed E-state index contributed by atoms with van der Waals surface area (Å²) in [5, 5.41) is 5.58. The summed E-state index contributed by atoms with van der Waals surface area (Å²) in [5.74, 6) is 0. The highest BCUT2D eigenvalue weighted by molar-refractivity contribution is 5.74. The molecular weight excluding hydrogens is 168 g/mol. The molecule has 0 rings (SSSR count). The number of rotatable bonds is 6. The van der Waals surface area contributed by atoms with Crippen molar-refractivity contribution in [3.8, 4) is 0 Å². The quantitative estimate of drug-likeness (QED) is 0.614. The van der Waals surface area contributed by atoms with Gasteiger partial charge in [-0.15, -0.1) is 0 Å². The molecule has 0 aromatic rings. The lowest BCUT2D eigenvalue weighted by Crippen LogP contribution is -2.42. The number of ether oxygens (including phenoxy) is 1. The summed E-state index contributed by atoms with van der Waals surface area (Å²) in [6.45, 7) is 5.23. The number of hydrogen-bond donors (Lipinski definition) is 2. The molecule has 0 saturated carbocycles. The van der Waals surface area contributed by atoms with Crippen molar-refractivity contribution in [3.63, 3.8) is 0 Å². The minimum absolute atomic E-state index is 0.106. The van der Waals surface area contributed by atoms with Crippen LogP contribution in [-0.4, -0.2) is 32.3 Å². The third kappa shape index (κ3) is 6.40.